The van der Waals surface area contributed by atoms with Gasteiger partial charge in [0, 0.05) is 12.6 Å². The van der Waals surface area contributed by atoms with Crippen LogP contribution < -0.4 is 0 Å². The molecule has 8 heteroatoms. The molecule has 0 unspecified atom stereocenters. The van der Waals surface area contributed by atoms with Gasteiger partial charge in [0.2, 0.25) is 10.0 Å². The molecular formula is C10H11F2NO4S. The number of aliphatic carboxylic acids is 1. The van der Waals surface area contributed by atoms with E-state index in [1.165, 1.54) is 6.92 Å². The van der Waals surface area contributed by atoms with E-state index in [-0.39, 0.29) is 6.54 Å². The molecule has 1 aromatic carbocycles. The van der Waals surface area contributed by atoms with Crippen LogP contribution in [0.4, 0.5) is 8.78 Å². The number of benzene rings is 1. The normalized spacial score (nSPS) is 11.8. The van der Waals surface area contributed by atoms with Gasteiger partial charge in [0.1, 0.15) is 18.2 Å². The van der Waals surface area contributed by atoms with Gasteiger partial charge in [-0.3, -0.25) is 4.79 Å². The lowest BCUT2D eigenvalue weighted by Gasteiger charge is -2.18. The van der Waals surface area contributed by atoms with Crippen molar-refractivity contribution >= 4 is 16.0 Å². The molecule has 0 heterocycles. The minimum Gasteiger partial charge on any atom is -0.480 e. The molecule has 0 atom stereocenters. The van der Waals surface area contributed by atoms with Crippen molar-refractivity contribution in [1.82, 2.24) is 4.31 Å². The SMILES string of the molecule is CCN(CC(=O)O)S(=O)(=O)c1cc(F)cc(F)c1. The predicted molar refractivity (Wildman–Crippen MR) is 58.4 cm³/mol. The van der Waals surface area contributed by atoms with Crippen LogP contribution in [0.2, 0.25) is 0 Å². The van der Waals surface area contributed by atoms with Crippen LogP contribution in [0.15, 0.2) is 23.1 Å². The molecule has 0 aliphatic carbocycles. The molecule has 1 N–H and O–H groups in total. The lowest BCUT2D eigenvalue weighted by molar-refractivity contribution is -0.137. The first-order valence-electron chi connectivity index (χ1n) is 4.95. The average molecular weight is 279 g/mol. The topological polar surface area (TPSA) is 74.7 Å². The highest BCUT2D eigenvalue weighted by atomic mass is 32.2. The number of rotatable bonds is 5. The minimum absolute atomic E-state index is 0.118. The molecule has 0 bridgehead atoms. The largest absolute Gasteiger partial charge is 0.480 e. The summed E-state index contributed by atoms with van der Waals surface area (Å²) in [5, 5.41) is 8.58. The van der Waals surface area contributed by atoms with E-state index < -0.39 is 39.1 Å². The molecule has 0 aliphatic rings. The maximum absolute atomic E-state index is 12.9. The van der Waals surface area contributed by atoms with E-state index in [1.54, 1.807) is 0 Å². The molecule has 18 heavy (non-hydrogen) atoms. The molecule has 0 fully saturated rings. The summed E-state index contributed by atoms with van der Waals surface area (Å²) in [6.45, 7) is 0.542. The first kappa shape index (κ1) is 14.5. The first-order chi connectivity index (χ1) is 8.27. The Labute approximate surface area is 103 Å². The van der Waals surface area contributed by atoms with Crippen molar-refractivity contribution in [1.29, 1.82) is 0 Å². The molecule has 0 aromatic heterocycles. The van der Waals surface area contributed by atoms with Crippen LogP contribution in [0.25, 0.3) is 0 Å². The third kappa shape index (κ3) is 3.23. The van der Waals surface area contributed by atoms with Gasteiger partial charge in [-0.05, 0) is 12.1 Å². The highest BCUT2D eigenvalue weighted by Crippen LogP contribution is 2.18. The Bertz CT molecular complexity index is 539. The van der Waals surface area contributed by atoms with E-state index in [2.05, 4.69) is 0 Å². The van der Waals surface area contributed by atoms with Gasteiger partial charge in [0.05, 0.1) is 4.90 Å². The summed E-state index contributed by atoms with van der Waals surface area (Å²) in [4.78, 5) is 9.92. The average Bonchev–Trinajstić information content (AvgIpc) is 2.24. The van der Waals surface area contributed by atoms with E-state index >= 15 is 0 Å². The number of hydrogen-bond acceptors (Lipinski definition) is 3. The second kappa shape index (κ2) is 5.40. The van der Waals surface area contributed by atoms with Gasteiger partial charge in [-0.1, -0.05) is 6.92 Å². The van der Waals surface area contributed by atoms with Gasteiger partial charge in [0.25, 0.3) is 0 Å². The van der Waals surface area contributed by atoms with E-state index in [4.69, 9.17) is 5.11 Å². The van der Waals surface area contributed by atoms with Crippen molar-refractivity contribution < 1.29 is 27.1 Å². The van der Waals surface area contributed by atoms with Gasteiger partial charge in [-0.15, -0.1) is 0 Å². The van der Waals surface area contributed by atoms with Crippen molar-refractivity contribution in [2.45, 2.75) is 11.8 Å². The third-order valence-corrected chi connectivity index (χ3v) is 4.04. The number of likely N-dealkylation sites (N-methyl/N-ethyl adjacent to an activating group) is 1. The molecular weight excluding hydrogens is 268 g/mol. The Hall–Kier alpha value is -1.54. The molecule has 0 aliphatic heterocycles. The van der Waals surface area contributed by atoms with Crippen LogP contribution >= 0.6 is 0 Å². The van der Waals surface area contributed by atoms with Gasteiger partial charge < -0.3 is 5.11 Å². The van der Waals surface area contributed by atoms with Gasteiger partial charge in [0.15, 0.2) is 0 Å². The van der Waals surface area contributed by atoms with Gasteiger partial charge in [-0.25, -0.2) is 17.2 Å². The Morgan fingerprint density at radius 3 is 2.17 bits per heavy atom. The van der Waals surface area contributed by atoms with E-state index in [0.29, 0.717) is 22.5 Å². The van der Waals surface area contributed by atoms with Crippen molar-refractivity contribution in [3.05, 3.63) is 29.8 Å². The number of carboxylic acids is 1. The standard InChI is InChI=1S/C10H11F2NO4S/c1-2-13(6-10(14)15)18(16,17)9-4-7(11)3-8(12)5-9/h3-5H,2,6H2,1H3,(H,14,15). The van der Waals surface area contributed by atoms with Crippen molar-refractivity contribution in [3.8, 4) is 0 Å². The number of sulfonamides is 1. The fourth-order valence-electron chi connectivity index (χ4n) is 1.34. The molecule has 0 radical (unpaired) electrons. The second-order valence-electron chi connectivity index (χ2n) is 3.43. The molecule has 0 spiro atoms. The van der Waals surface area contributed by atoms with Gasteiger partial charge in [-0.2, -0.15) is 4.31 Å². The summed E-state index contributed by atoms with van der Waals surface area (Å²) in [5.41, 5.74) is 0. The van der Waals surface area contributed by atoms with Crippen molar-refractivity contribution in [2.75, 3.05) is 13.1 Å². The summed E-state index contributed by atoms with van der Waals surface area (Å²) in [7, 11) is -4.22. The number of nitrogens with zero attached hydrogens (tertiary/aromatic N) is 1. The van der Waals surface area contributed by atoms with E-state index in [9.17, 15) is 22.0 Å². The second-order valence-corrected chi connectivity index (χ2v) is 5.37. The van der Waals surface area contributed by atoms with Crippen LogP contribution in [0.3, 0.4) is 0 Å². The molecule has 1 rings (SSSR count). The Balaban J connectivity index is 3.22. The first-order valence-corrected chi connectivity index (χ1v) is 6.39. The van der Waals surface area contributed by atoms with E-state index in [1.807, 2.05) is 0 Å². The fourth-order valence-corrected chi connectivity index (χ4v) is 2.79. The number of halogens is 2. The molecule has 0 saturated heterocycles. The Kier molecular flexibility index (Phi) is 4.36. The summed E-state index contributed by atoms with van der Waals surface area (Å²) in [5.74, 6) is -3.43. The summed E-state index contributed by atoms with van der Waals surface area (Å²) in [6, 6.07) is 1.82. The zero-order valence-electron chi connectivity index (χ0n) is 9.43. The predicted octanol–water partition coefficient (Wildman–Crippen LogP) is 1.06. The molecule has 5 nitrogen and oxygen atoms in total. The van der Waals surface area contributed by atoms with Crippen molar-refractivity contribution in [3.63, 3.8) is 0 Å². The zero-order valence-corrected chi connectivity index (χ0v) is 10.2. The lowest BCUT2D eigenvalue weighted by atomic mass is 10.3. The van der Waals surface area contributed by atoms with Crippen LogP contribution in [0, 0.1) is 11.6 Å². The van der Waals surface area contributed by atoms with E-state index in [0.717, 1.165) is 0 Å². The molecule has 1 aromatic rings. The number of carboxylic acid groups (broad SMARTS) is 1. The summed E-state index contributed by atoms with van der Waals surface area (Å²) < 4.78 is 50.4. The van der Waals surface area contributed by atoms with Crippen LogP contribution in [0.1, 0.15) is 6.92 Å². The third-order valence-electron chi connectivity index (χ3n) is 2.14. The zero-order chi connectivity index (χ0) is 13.9. The molecule has 100 valence electrons. The Morgan fingerprint density at radius 1 is 1.28 bits per heavy atom. The Morgan fingerprint density at radius 2 is 1.78 bits per heavy atom. The minimum atomic E-state index is -4.22. The number of hydrogen-bond donors (Lipinski definition) is 1. The van der Waals surface area contributed by atoms with Crippen LogP contribution in [-0.2, 0) is 14.8 Å². The van der Waals surface area contributed by atoms with Crippen molar-refractivity contribution in [2.24, 2.45) is 0 Å². The highest BCUT2D eigenvalue weighted by molar-refractivity contribution is 7.89. The summed E-state index contributed by atoms with van der Waals surface area (Å²) >= 11 is 0. The molecule has 0 amide bonds. The fraction of sp³-hybridized carbons (Fsp3) is 0.300. The lowest BCUT2D eigenvalue weighted by Crippen LogP contribution is -2.35. The molecule has 0 saturated carbocycles. The quantitative estimate of drug-likeness (QED) is 0.874. The maximum atomic E-state index is 12.9. The van der Waals surface area contributed by atoms with Crippen LogP contribution in [-0.4, -0.2) is 36.9 Å². The highest BCUT2D eigenvalue weighted by Gasteiger charge is 2.26. The summed E-state index contributed by atoms with van der Waals surface area (Å²) in [6.07, 6.45) is 0. The van der Waals surface area contributed by atoms with Crippen LogP contribution in [0.5, 0.6) is 0 Å². The van der Waals surface area contributed by atoms with Gasteiger partial charge >= 0.3 is 5.97 Å². The maximum Gasteiger partial charge on any atom is 0.318 e. The smallest absolute Gasteiger partial charge is 0.318 e. The monoisotopic (exact) mass is 279 g/mol. The number of carbonyl (C=O) groups is 1.